The van der Waals surface area contributed by atoms with Crippen molar-refractivity contribution in [2.45, 2.75) is 38.5 Å². The zero-order valence-electron chi connectivity index (χ0n) is 12.3. The average molecular weight is 275 g/mol. The molecular formula is C17H25NO2. The fourth-order valence-electron chi connectivity index (χ4n) is 3.79. The predicted molar refractivity (Wildman–Crippen MR) is 80.3 cm³/mol. The van der Waals surface area contributed by atoms with Gasteiger partial charge >= 0.3 is 0 Å². The van der Waals surface area contributed by atoms with Crippen molar-refractivity contribution in [1.82, 2.24) is 0 Å². The minimum absolute atomic E-state index is 0.445. The van der Waals surface area contributed by atoms with Crippen molar-refractivity contribution in [1.29, 1.82) is 0 Å². The lowest BCUT2D eigenvalue weighted by atomic mass is 9.71. The van der Waals surface area contributed by atoms with E-state index in [2.05, 4.69) is 19.1 Å². The van der Waals surface area contributed by atoms with Crippen LogP contribution in [0, 0.1) is 11.8 Å². The Balaban J connectivity index is 1.85. The van der Waals surface area contributed by atoms with Crippen LogP contribution in [-0.4, -0.2) is 19.8 Å². The molecule has 0 radical (unpaired) electrons. The van der Waals surface area contributed by atoms with Gasteiger partial charge in [0, 0.05) is 0 Å². The van der Waals surface area contributed by atoms with E-state index in [0.717, 1.165) is 17.4 Å². The minimum atomic E-state index is 0.445. The Bertz CT molecular complexity index is 460. The highest BCUT2D eigenvalue weighted by atomic mass is 16.6. The number of hydrogen-bond acceptors (Lipinski definition) is 3. The molecule has 2 aliphatic rings. The summed E-state index contributed by atoms with van der Waals surface area (Å²) in [4.78, 5) is 0. The lowest BCUT2D eigenvalue weighted by Crippen LogP contribution is -2.29. The molecule has 3 nitrogen and oxygen atoms in total. The molecule has 110 valence electrons. The molecule has 0 spiro atoms. The van der Waals surface area contributed by atoms with Crippen LogP contribution in [0.15, 0.2) is 18.2 Å². The maximum atomic E-state index is 6.10. The fraction of sp³-hybridized carbons (Fsp3) is 0.647. The predicted octanol–water partition coefficient (Wildman–Crippen LogP) is 3.33. The molecule has 3 heteroatoms. The van der Waals surface area contributed by atoms with Gasteiger partial charge in [0.05, 0.1) is 0 Å². The van der Waals surface area contributed by atoms with E-state index in [9.17, 15) is 0 Å². The second-order valence-corrected chi connectivity index (χ2v) is 6.17. The van der Waals surface area contributed by atoms with E-state index < -0.39 is 0 Å². The number of fused-ring (bicyclic) bond motifs is 1. The van der Waals surface area contributed by atoms with Gasteiger partial charge < -0.3 is 15.2 Å². The first-order valence-electron chi connectivity index (χ1n) is 7.89. The first-order valence-corrected chi connectivity index (χ1v) is 7.89. The van der Waals surface area contributed by atoms with Gasteiger partial charge in [-0.2, -0.15) is 0 Å². The van der Waals surface area contributed by atoms with E-state index in [1.54, 1.807) is 0 Å². The maximum absolute atomic E-state index is 6.10. The van der Waals surface area contributed by atoms with Crippen LogP contribution >= 0.6 is 0 Å². The summed E-state index contributed by atoms with van der Waals surface area (Å²) < 4.78 is 11.3. The summed E-state index contributed by atoms with van der Waals surface area (Å²) in [5, 5.41) is 0. The third kappa shape index (κ3) is 2.64. The molecule has 3 atom stereocenters. The quantitative estimate of drug-likeness (QED) is 0.920. The van der Waals surface area contributed by atoms with Crippen molar-refractivity contribution in [2.75, 3.05) is 19.8 Å². The molecular weight excluding hydrogens is 250 g/mol. The van der Waals surface area contributed by atoms with Gasteiger partial charge in [0.25, 0.3) is 0 Å². The molecule has 0 bridgehead atoms. The Hall–Kier alpha value is -1.22. The van der Waals surface area contributed by atoms with Gasteiger partial charge in [-0.3, -0.25) is 0 Å². The van der Waals surface area contributed by atoms with Crippen LogP contribution in [0.25, 0.3) is 0 Å². The fourth-order valence-corrected chi connectivity index (χ4v) is 3.79. The van der Waals surface area contributed by atoms with Crippen LogP contribution < -0.4 is 15.2 Å². The van der Waals surface area contributed by atoms with E-state index >= 15 is 0 Å². The number of rotatable bonds is 3. The van der Waals surface area contributed by atoms with E-state index in [1.165, 1.54) is 31.2 Å². The molecule has 1 aliphatic carbocycles. The smallest absolute Gasteiger partial charge is 0.161 e. The first kappa shape index (κ1) is 13.7. The van der Waals surface area contributed by atoms with Crippen LogP contribution in [0.1, 0.15) is 44.1 Å². The lowest BCUT2D eigenvalue weighted by Gasteiger charge is -2.35. The van der Waals surface area contributed by atoms with Gasteiger partial charge in [0.1, 0.15) is 13.2 Å². The molecule has 3 rings (SSSR count). The molecule has 1 heterocycles. The molecule has 0 amide bonds. The standard InChI is InChI=1S/C17H25NO2/c1-12-4-2-3-5-14(12)15(11-18)13-6-7-16-17(10-13)20-9-8-19-16/h6-7,10,12,14-15H,2-5,8-9,11,18H2,1H3. The zero-order valence-corrected chi connectivity index (χ0v) is 12.3. The Labute approximate surface area is 121 Å². The lowest BCUT2D eigenvalue weighted by molar-refractivity contribution is 0.170. The largest absolute Gasteiger partial charge is 0.486 e. The van der Waals surface area contributed by atoms with E-state index in [-0.39, 0.29) is 0 Å². The Morgan fingerprint density at radius 2 is 1.90 bits per heavy atom. The summed E-state index contributed by atoms with van der Waals surface area (Å²) in [5.74, 6) is 3.67. The Morgan fingerprint density at radius 1 is 1.15 bits per heavy atom. The molecule has 0 aromatic heterocycles. The second-order valence-electron chi connectivity index (χ2n) is 6.17. The summed E-state index contributed by atoms with van der Waals surface area (Å²) in [5.41, 5.74) is 7.42. The highest BCUT2D eigenvalue weighted by Gasteiger charge is 2.30. The van der Waals surface area contributed by atoms with E-state index in [0.29, 0.717) is 31.6 Å². The monoisotopic (exact) mass is 275 g/mol. The van der Waals surface area contributed by atoms with Gasteiger partial charge in [-0.05, 0) is 48.4 Å². The number of nitrogens with two attached hydrogens (primary N) is 1. The average Bonchev–Trinajstić information content (AvgIpc) is 2.50. The highest BCUT2D eigenvalue weighted by molar-refractivity contribution is 5.45. The topological polar surface area (TPSA) is 44.5 Å². The number of benzene rings is 1. The first-order chi connectivity index (χ1) is 9.79. The highest BCUT2D eigenvalue weighted by Crippen LogP contribution is 2.41. The molecule has 20 heavy (non-hydrogen) atoms. The van der Waals surface area contributed by atoms with Crippen LogP contribution in [0.5, 0.6) is 11.5 Å². The van der Waals surface area contributed by atoms with Gasteiger partial charge in [0.15, 0.2) is 11.5 Å². The summed E-state index contributed by atoms with van der Waals surface area (Å²) >= 11 is 0. The minimum Gasteiger partial charge on any atom is -0.486 e. The Kier molecular flexibility index (Phi) is 4.16. The van der Waals surface area contributed by atoms with Gasteiger partial charge in [0.2, 0.25) is 0 Å². The molecule has 1 saturated carbocycles. The normalized spacial score (nSPS) is 27.1. The third-order valence-electron chi connectivity index (χ3n) is 4.94. The third-order valence-corrected chi connectivity index (χ3v) is 4.94. The van der Waals surface area contributed by atoms with E-state index in [4.69, 9.17) is 15.2 Å². The van der Waals surface area contributed by atoms with Crippen LogP contribution in [-0.2, 0) is 0 Å². The number of hydrogen-bond donors (Lipinski definition) is 1. The van der Waals surface area contributed by atoms with Gasteiger partial charge in [-0.15, -0.1) is 0 Å². The Morgan fingerprint density at radius 3 is 2.65 bits per heavy atom. The summed E-state index contributed by atoms with van der Waals surface area (Å²) in [6.07, 6.45) is 5.36. The second kappa shape index (κ2) is 6.04. The van der Waals surface area contributed by atoms with Gasteiger partial charge in [-0.25, -0.2) is 0 Å². The van der Waals surface area contributed by atoms with Crippen molar-refractivity contribution in [3.63, 3.8) is 0 Å². The van der Waals surface area contributed by atoms with Crippen LogP contribution in [0.4, 0.5) is 0 Å². The van der Waals surface area contributed by atoms with Crippen molar-refractivity contribution >= 4 is 0 Å². The van der Waals surface area contributed by atoms with E-state index in [1.807, 2.05) is 6.07 Å². The summed E-state index contributed by atoms with van der Waals surface area (Å²) in [7, 11) is 0. The van der Waals surface area contributed by atoms with Gasteiger partial charge in [-0.1, -0.05) is 32.3 Å². The summed E-state index contributed by atoms with van der Waals surface area (Å²) in [6, 6.07) is 6.36. The van der Waals surface area contributed by atoms with Crippen molar-refractivity contribution in [3.05, 3.63) is 23.8 Å². The van der Waals surface area contributed by atoms with Crippen molar-refractivity contribution < 1.29 is 9.47 Å². The molecule has 1 aliphatic heterocycles. The maximum Gasteiger partial charge on any atom is 0.161 e. The molecule has 1 fully saturated rings. The molecule has 1 aromatic carbocycles. The van der Waals surface area contributed by atoms with Crippen LogP contribution in [0.2, 0.25) is 0 Å². The van der Waals surface area contributed by atoms with Crippen molar-refractivity contribution in [3.8, 4) is 11.5 Å². The zero-order chi connectivity index (χ0) is 13.9. The molecule has 3 unspecified atom stereocenters. The van der Waals surface area contributed by atoms with Crippen molar-refractivity contribution in [2.24, 2.45) is 17.6 Å². The molecule has 1 aromatic rings. The number of ether oxygens (including phenoxy) is 2. The summed E-state index contributed by atoms with van der Waals surface area (Å²) in [6.45, 7) is 4.38. The SMILES string of the molecule is CC1CCCCC1C(CN)c1ccc2c(c1)OCCO2. The molecule has 0 saturated heterocycles. The molecule has 2 N–H and O–H groups in total. The van der Waals surface area contributed by atoms with Crippen LogP contribution in [0.3, 0.4) is 0 Å².